The van der Waals surface area contributed by atoms with Gasteiger partial charge in [-0.05, 0) is 56.7 Å². The molecule has 0 aliphatic carbocycles. The molecule has 0 atom stereocenters. The van der Waals surface area contributed by atoms with Crippen LogP contribution in [0.4, 0.5) is 5.69 Å². The van der Waals surface area contributed by atoms with Crippen molar-refractivity contribution >= 4 is 29.2 Å². The van der Waals surface area contributed by atoms with Gasteiger partial charge in [-0.3, -0.25) is 4.79 Å². The number of halogens is 1. The van der Waals surface area contributed by atoms with Gasteiger partial charge < -0.3 is 19.0 Å². The van der Waals surface area contributed by atoms with Crippen molar-refractivity contribution in [3.63, 3.8) is 0 Å². The molecular formula is C21H21ClN2O4. The van der Waals surface area contributed by atoms with E-state index in [4.69, 9.17) is 20.8 Å². The Hall–Kier alpha value is -2.99. The predicted molar refractivity (Wildman–Crippen MR) is 107 cm³/mol. The first-order valence-electron chi connectivity index (χ1n) is 8.77. The van der Waals surface area contributed by atoms with Gasteiger partial charge in [0.1, 0.15) is 5.76 Å². The maximum Gasteiger partial charge on any atom is 0.340 e. The van der Waals surface area contributed by atoms with Crippen molar-refractivity contribution in [2.75, 3.05) is 11.9 Å². The summed E-state index contributed by atoms with van der Waals surface area (Å²) in [6.07, 6.45) is 1.61. The van der Waals surface area contributed by atoms with Crippen LogP contribution in [0, 0.1) is 20.8 Å². The molecule has 3 aromatic rings. The van der Waals surface area contributed by atoms with Gasteiger partial charge in [0.25, 0.3) is 5.91 Å². The van der Waals surface area contributed by atoms with E-state index in [9.17, 15) is 9.59 Å². The van der Waals surface area contributed by atoms with E-state index in [1.54, 1.807) is 24.5 Å². The third-order valence-electron chi connectivity index (χ3n) is 4.42. The number of furan rings is 1. The van der Waals surface area contributed by atoms with Crippen molar-refractivity contribution < 1.29 is 18.7 Å². The van der Waals surface area contributed by atoms with E-state index in [0.717, 1.165) is 22.7 Å². The minimum Gasteiger partial charge on any atom is -0.467 e. The minimum atomic E-state index is -0.552. The number of ether oxygens (including phenoxy) is 1. The first-order valence-corrected chi connectivity index (χ1v) is 9.15. The van der Waals surface area contributed by atoms with Crippen LogP contribution in [0.1, 0.15) is 33.1 Å². The number of nitrogens with one attached hydrogen (secondary N) is 1. The highest BCUT2D eigenvalue weighted by atomic mass is 35.5. The van der Waals surface area contributed by atoms with Crippen molar-refractivity contribution in [1.82, 2.24) is 4.57 Å². The first kappa shape index (κ1) is 19.8. The Morgan fingerprint density at radius 1 is 1.18 bits per heavy atom. The number of nitrogens with zero attached hydrogens (tertiary/aromatic N) is 1. The fourth-order valence-electron chi connectivity index (χ4n) is 2.93. The summed E-state index contributed by atoms with van der Waals surface area (Å²) >= 11 is 6.10. The number of carbonyl (C=O) groups excluding carboxylic acids is 2. The summed E-state index contributed by atoms with van der Waals surface area (Å²) in [5.41, 5.74) is 3.53. The quantitative estimate of drug-likeness (QED) is 0.618. The fourth-order valence-corrected chi connectivity index (χ4v) is 3.21. The average Bonchev–Trinajstić information content (AvgIpc) is 3.26. The Labute approximate surface area is 168 Å². The molecule has 1 aromatic carbocycles. The van der Waals surface area contributed by atoms with Crippen LogP contribution in [0.5, 0.6) is 0 Å². The zero-order valence-electron chi connectivity index (χ0n) is 15.9. The van der Waals surface area contributed by atoms with Crippen LogP contribution in [-0.2, 0) is 16.1 Å². The smallest absolute Gasteiger partial charge is 0.340 e. The largest absolute Gasteiger partial charge is 0.467 e. The Balaban J connectivity index is 1.62. The predicted octanol–water partition coefficient (Wildman–Crippen LogP) is 4.50. The second kappa shape index (κ2) is 8.35. The number of esters is 1. The van der Waals surface area contributed by atoms with Gasteiger partial charge in [0.05, 0.1) is 29.1 Å². The van der Waals surface area contributed by atoms with Crippen LogP contribution < -0.4 is 5.32 Å². The molecule has 1 amide bonds. The third-order valence-corrected chi connectivity index (χ3v) is 4.73. The lowest BCUT2D eigenvalue weighted by Crippen LogP contribution is -2.21. The summed E-state index contributed by atoms with van der Waals surface area (Å²) in [6.45, 7) is 5.76. The molecule has 1 N–H and O–H groups in total. The standard InChI is InChI=1S/C21H21ClN2O4/c1-13-6-7-19(18(22)9-13)23-20(25)12-28-21(26)17-10-14(2)24(15(17)3)11-16-5-4-8-27-16/h4-10H,11-12H2,1-3H3,(H,23,25). The summed E-state index contributed by atoms with van der Waals surface area (Å²) in [5.74, 6) is -0.219. The molecule has 3 rings (SSSR count). The van der Waals surface area contributed by atoms with E-state index in [-0.39, 0.29) is 0 Å². The van der Waals surface area contributed by atoms with Crippen LogP contribution in [0.15, 0.2) is 47.1 Å². The lowest BCUT2D eigenvalue weighted by molar-refractivity contribution is -0.119. The highest BCUT2D eigenvalue weighted by molar-refractivity contribution is 6.33. The molecule has 146 valence electrons. The molecule has 2 heterocycles. The van der Waals surface area contributed by atoms with Crippen molar-refractivity contribution in [1.29, 1.82) is 0 Å². The summed E-state index contributed by atoms with van der Waals surface area (Å²) in [7, 11) is 0. The van der Waals surface area contributed by atoms with Gasteiger partial charge in [-0.25, -0.2) is 4.79 Å². The zero-order chi connectivity index (χ0) is 20.3. The highest BCUT2D eigenvalue weighted by Crippen LogP contribution is 2.23. The van der Waals surface area contributed by atoms with Gasteiger partial charge in [0.15, 0.2) is 6.61 Å². The van der Waals surface area contributed by atoms with Crippen LogP contribution in [0.3, 0.4) is 0 Å². The number of amides is 1. The van der Waals surface area contributed by atoms with Crippen molar-refractivity contribution in [2.24, 2.45) is 0 Å². The molecule has 0 aliphatic rings. The second-order valence-electron chi connectivity index (χ2n) is 6.56. The topological polar surface area (TPSA) is 73.5 Å². The summed E-state index contributed by atoms with van der Waals surface area (Å²) < 4.78 is 12.5. The molecule has 7 heteroatoms. The Bertz CT molecular complexity index is 1010. The molecule has 2 aromatic heterocycles. The molecule has 0 saturated carbocycles. The molecule has 0 saturated heterocycles. The molecule has 0 unspecified atom stereocenters. The van der Waals surface area contributed by atoms with E-state index < -0.39 is 18.5 Å². The van der Waals surface area contributed by atoms with E-state index in [2.05, 4.69) is 5.32 Å². The lowest BCUT2D eigenvalue weighted by Gasteiger charge is -2.09. The Kier molecular flexibility index (Phi) is 5.90. The monoisotopic (exact) mass is 400 g/mol. The van der Waals surface area contributed by atoms with Gasteiger partial charge >= 0.3 is 5.97 Å². The maximum atomic E-state index is 12.4. The van der Waals surface area contributed by atoms with Gasteiger partial charge in [0, 0.05) is 11.4 Å². The number of benzene rings is 1. The molecule has 0 radical (unpaired) electrons. The number of carbonyl (C=O) groups is 2. The molecule has 0 fully saturated rings. The van der Waals surface area contributed by atoms with Crippen LogP contribution in [0.25, 0.3) is 0 Å². The number of hydrogen-bond acceptors (Lipinski definition) is 4. The summed E-state index contributed by atoms with van der Waals surface area (Å²) in [5, 5.41) is 3.07. The Morgan fingerprint density at radius 2 is 1.96 bits per heavy atom. The molecule has 28 heavy (non-hydrogen) atoms. The number of aryl methyl sites for hydroxylation is 2. The van der Waals surface area contributed by atoms with Gasteiger partial charge in [-0.2, -0.15) is 0 Å². The zero-order valence-corrected chi connectivity index (χ0v) is 16.7. The molecule has 0 bridgehead atoms. The van der Waals surface area contributed by atoms with Gasteiger partial charge in [-0.1, -0.05) is 17.7 Å². The van der Waals surface area contributed by atoms with E-state index in [1.807, 2.05) is 43.5 Å². The van der Waals surface area contributed by atoms with E-state index >= 15 is 0 Å². The molecule has 6 nitrogen and oxygen atoms in total. The second-order valence-corrected chi connectivity index (χ2v) is 6.97. The lowest BCUT2D eigenvalue weighted by atomic mass is 10.2. The normalized spacial score (nSPS) is 10.7. The number of aromatic nitrogens is 1. The number of rotatable bonds is 6. The third kappa shape index (κ3) is 4.46. The molecule has 0 aliphatic heterocycles. The Morgan fingerprint density at radius 3 is 2.64 bits per heavy atom. The molecule has 0 spiro atoms. The molecular weight excluding hydrogens is 380 g/mol. The van der Waals surface area contributed by atoms with E-state index in [1.165, 1.54) is 0 Å². The van der Waals surface area contributed by atoms with Crippen LogP contribution in [0.2, 0.25) is 5.02 Å². The average molecular weight is 401 g/mol. The van der Waals surface area contributed by atoms with Crippen molar-refractivity contribution in [3.05, 3.63) is 76.0 Å². The fraction of sp³-hybridized carbons (Fsp3) is 0.238. The van der Waals surface area contributed by atoms with Gasteiger partial charge in [-0.15, -0.1) is 0 Å². The summed E-state index contributed by atoms with van der Waals surface area (Å²) in [6, 6.07) is 10.7. The number of anilines is 1. The van der Waals surface area contributed by atoms with Crippen molar-refractivity contribution in [3.8, 4) is 0 Å². The number of hydrogen-bond donors (Lipinski definition) is 1. The van der Waals surface area contributed by atoms with Crippen molar-refractivity contribution in [2.45, 2.75) is 27.3 Å². The SMILES string of the molecule is Cc1ccc(NC(=O)COC(=O)c2cc(C)n(Cc3ccco3)c2C)c(Cl)c1. The highest BCUT2D eigenvalue weighted by Gasteiger charge is 2.19. The van der Waals surface area contributed by atoms with Crippen LogP contribution in [-0.4, -0.2) is 23.1 Å². The maximum absolute atomic E-state index is 12.4. The van der Waals surface area contributed by atoms with Gasteiger partial charge in [0.2, 0.25) is 0 Å². The minimum absolute atomic E-state index is 0.398. The van der Waals surface area contributed by atoms with Crippen LogP contribution >= 0.6 is 11.6 Å². The first-order chi connectivity index (χ1) is 13.3. The summed E-state index contributed by atoms with van der Waals surface area (Å²) in [4.78, 5) is 24.5. The van der Waals surface area contributed by atoms with E-state index in [0.29, 0.717) is 22.8 Å².